The minimum absolute atomic E-state index is 0.411. The predicted octanol–water partition coefficient (Wildman–Crippen LogP) is 3.23. The minimum Gasteiger partial charge on any atom is -0.457 e. The number of hydrogen-bond acceptors (Lipinski definition) is 5. The Morgan fingerprint density at radius 2 is 1.35 bits per heavy atom. The molecular weight excluding hydrogens is 346 g/mol. The van der Waals surface area contributed by atoms with Gasteiger partial charge in [0.1, 0.15) is 11.2 Å². The zero-order valence-electron chi connectivity index (χ0n) is 15.8. The van der Waals surface area contributed by atoms with Crippen molar-refractivity contribution >= 4 is 11.9 Å². The second-order valence-electron chi connectivity index (χ2n) is 9.35. The van der Waals surface area contributed by atoms with Gasteiger partial charge in [0.25, 0.3) is 0 Å². The van der Waals surface area contributed by atoms with Crippen LogP contribution in [0, 0.1) is 17.8 Å². The summed E-state index contributed by atoms with van der Waals surface area (Å²) in [5.74, 6) is -4.78. The van der Waals surface area contributed by atoms with Crippen LogP contribution in [-0.4, -0.2) is 39.8 Å². The highest BCUT2D eigenvalue weighted by Gasteiger charge is 2.58. The third kappa shape index (κ3) is 3.35. The summed E-state index contributed by atoms with van der Waals surface area (Å²) in [5.41, 5.74) is -4.68. The number of halogens is 2. The zero-order chi connectivity index (χ0) is 19.5. The highest BCUT2D eigenvalue weighted by atomic mass is 19.3. The molecule has 148 valence electrons. The van der Waals surface area contributed by atoms with Gasteiger partial charge in [0.2, 0.25) is 0 Å². The lowest BCUT2D eigenvalue weighted by Crippen LogP contribution is -2.61. The Morgan fingerprint density at radius 1 is 0.923 bits per heavy atom. The van der Waals surface area contributed by atoms with Crippen LogP contribution in [0.25, 0.3) is 0 Å². The number of carbonyl (C=O) groups excluding carboxylic acids is 2. The van der Waals surface area contributed by atoms with Crippen LogP contribution in [-0.2, 0) is 19.1 Å². The van der Waals surface area contributed by atoms with Crippen molar-refractivity contribution in [2.24, 2.45) is 17.8 Å². The Hall–Kier alpha value is -1.24. The van der Waals surface area contributed by atoms with Crippen molar-refractivity contribution in [3.05, 3.63) is 0 Å². The topological polar surface area (TPSA) is 72.8 Å². The van der Waals surface area contributed by atoms with E-state index >= 15 is 0 Å². The second-order valence-corrected chi connectivity index (χ2v) is 9.35. The molecule has 0 heterocycles. The van der Waals surface area contributed by atoms with Gasteiger partial charge in [-0.3, -0.25) is 0 Å². The molecule has 26 heavy (non-hydrogen) atoms. The zero-order valence-corrected chi connectivity index (χ0v) is 15.8. The van der Waals surface area contributed by atoms with Gasteiger partial charge >= 0.3 is 17.9 Å². The van der Waals surface area contributed by atoms with Crippen LogP contribution in [0.4, 0.5) is 8.78 Å². The number of alkyl halides is 2. The molecule has 0 aromatic heterocycles. The second kappa shape index (κ2) is 5.88. The fourth-order valence-corrected chi connectivity index (χ4v) is 5.12. The van der Waals surface area contributed by atoms with Crippen molar-refractivity contribution in [1.29, 1.82) is 0 Å². The minimum atomic E-state index is -3.71. The van der Waals surface area contributed by atoms with Crippen molar-refractivity contribution in [2.45, 2.75) is 88.9 Å². The van der Waals surface area contributed by atoms with Gasteiger partial charge in [0.15, 0.2) is 5.60 Å². The Morgan fingerprint density at radius 3 is 1.73 bits per heavy atom. The molecule has 4 bridgehead atoms. The molecule has 0 amide bonds. The van der Waals surface area contributed by atoms with Crippen molar-refractivity contribution in [3.63, 3.8) is 0 Å². The van der Waals surface area contributed by atoms with E-state index in [-0.39, 0.29) is 0 Å². The van der Waals surface area contributed by atoms with Gasteiger partial charge in [-0.2, -0.15) is 8.78 Å². The first kappa shape index (κ1) is 19.5. The Labute approximate surface area is 152 Å². The molecule has 1 N–H and O–H groups in total. The SMILES string of the molecule is CC(F)(F)C(=O)OC(C)(C)C(C)(O)C(=O)OC12CC3CC(CC(C3)C1)C2. The molecule has 4 saturated carbocycles. The first-order valence-electron chi connectivity index (χ1n) is 9.31. The van der Waals surface area contributed by atoms with E-state index in [1.807, 2.05) is 0 Å². The molecule has 7 heteroatoms. The summed E-state index contributed by atoms with van der Waals surface area (Å²) in [6, 6.07) is 0. The quantitative estimate of drug-likeness (QED) is 0.748. The van der Waals surface area contributed by atoms with E-state index < -0.39 is 34.7 Å². The van der Waals surface area contributed by atoms with Gasteiger partial charge in [0, 0.05) is 6.92 Å². The molecule has 0 spiro atoms. The highest BCUT2D eigenvalue weighted by molar-refractivity contribution is 5.83. The summed E-state index contributed by atoms with van der Waals surface area (Å²) in [6.07, 6.45) is 5.86. The lowest BCUT2D eigenvalue weighted by Gasteiger charge is -2.56. The molecule has 4 rings (SSSR count). The monoisotopic (exact) mass is 374 g/mol. The third-order valence-electron chi connectivity index (χ3n) is 6.57. The van der Waals surface area contributed by atoms with Crippen molar-refractivity contribution in [3.8, 4) is 0 Å². The molecule has 1 atom stereocenters. The lowest BCUT2D eigenvalue weighted by atomic mass is 9.54. The van der Waals surface area contributed by atoms with Gasteiger partial charge in [-0.25, -0.2) is 9.59 Å². The van der Waals surface area contributed by atoms with Gasteiger partial charge in [-0.15, -0.1) is 0 Å². The van der Waals surface area contributed by atoms with Crippen molar-refractivity contribution in [1.82, 2.24) is 0 Å². The maximum Gasteiger partial charge on any atom is 0.377 e. The average molecular weight is 374 g/mol. The van der Waals surface area contributed by atoms with Gasteiger partial charge < -0.3 is 14.6 Å². The summed E-state index contributed by atoms with van der Waals surface area (Å²) in [6.45, 7) is 4.03. The molecule has 0 saturated heterocycles. The third-order valence-corrected chi connectivity index (χ3v) is 6.57. The molecular formula is C19H28F2O5. The maximum atomic E-state index is 13.1. The molecule has 1 unspecified atom stereocenters. The molecule has 4 fully saturated rings. The predicted molar refractivity (Wildman–Crippen MR) is 88.4 cm³/mol. The smallest absolute Gasteiger partial charge is 0.377 e. The Kier molecular flexibility index (Phi) is 4.41. The number of hydrogen-bond donors (Lipinski definition) is 1. The van der Waals surface area contributed by atoms with E-state index in [1.165, 1.54) is 33.1 Å². The lowest BCUT2D eigenvalue weighted by molar-refractivity contribution is -0.230. The number of esters is 2. The van der Waals surface area contributed by atoms with Crippen LogP contribution in [0.3, 0.4) is 0 Å². The molecule has 0 aliphatic heterocycles. The molecule has 5 nitrogen and oxygen atoms in total. The summed E-state index contributed by atoms with van der Waals surface area (Å²) >= 11 is 0. The largest absolute Gasteiger partial charge is 0.457 e. The number of aliphatic hydroxyl groups is 1. The molecule has 0 aromatic rings. The maximum absolute atomic E-state index is 13.1. The number of carbonyl (C=O) groups is 2. The fourth-order valence-electron chi connectivity index (χ4n) is 5.12. The van der Waals surface area contributed by atoms with Crippen LogP contribution < -0.4 is 0 Å². The summed E-state index contributed by atoms with van der Waals surface area (Å²) < 4.78 is 36.9. The van der Waals surface area contributed by atoms with E-state index in [4.69, 9.17) is 9.47 Å². The molecule has 0 radical (unpaired) electrons. The van der Waals surface area contributed by atoms with Gasteiger partial charge in [0.05, 0.1) is 0 Å². The normalized spacial score (nSPS) is 35.7. The van der Waals surface area contributed by atoms with Crippen LogP contribution in [0.15, 0.2) is 0 Å². The highest BCUT2D eigenvalue weighted by Crippen LogP contribution is 2.57. The van der Waals surface area contributed by atoms with Crippen LogP contribution in [0.2, 0.25) is 0 Å². The van der Waals surface area contributed by atoms with Gasteiger partial charge in [-0.1, -0.05) is 0 Å². The van der Waals surface area contributed by atoms with Crippen molar-refractivity contribution in [2.75, 3.05) is 0 Å². The summed E-state index contributed by atoms with van der Waals surface area (Å²) in [4.78, 5) is 24.3. The Balaban J connectivity index is 1.73. The first-order chi connectivity index (χ1) is 11.7. The average Bonchev–Trinajstić information content (AvgIpc) is 2.43. The van der Waals surface area contributed by atoms with Crippen LogP contribution in [0.1, 0.15) is 66.2 Å². The standard InChI is InChI=1S/C19H28F2O5/c1-16(2,25-15(23)18(4,20)21)17(3,24)14(22)26-19-8-11-5-12(9-19)7-13(6-11)10-19/h11-13,24H,5-10H2,1-4H3. The summed E-state index contributed by atoms with van der Waals surface area (Å²) in [7, 11) is 0. The van der Waals surface area contributed by atoms with Crippen LogP contribution >= 0.6 is 0 Å². The first-order valence-corrected chi connectivity index (χ1v) is 9.31. The van der Waals surface area contributed by atoms with Crippen molar-refractivity contribution < 1.29 is 33.0 Å². The van der Waals surface area contributed by atoms with E-state index in [1.54, 1.807) is 0 Å². The number of rotatable bonds is 5. The van der Waals surface area contributed by atoms with Gasteiger partial charge in [-0.05, 0) is 77.0 Å². The fraction of sp³-hybridized carbons (Fsp3) is 0.895. The molecule has 4 aliphatic carbocycles. The Bertz CT molecular complexity index is 570. The van der Waals surface area contributed by atoms with E-state index in [9.17, 15) is 23.5 Å². The van der Waals surface area contributed by atoms with E-state index in [0.29, 0.717) is 24.7 Å². The van der Waals surface area contributed by atoms with E-state index in [2.05, 4.69) is 0 Å². The summed E-state index contributed by atoms with van der Waals surface area (Å²) in [5, 5.41) is 10.7. The molecule has 0 aromatic carbocycles. The number of ether oxygens (including phenoxy) is 2. The van der Waals surface area contributed by atoms with Crippen LogP contribution in [0.5, 0.6) is 0 Å². The van der Waals surface area contributed by atoms with E-state index in [0.717, 1.165) is 26.2 Å². The molecule has 4 aliphatic rings.